The molecule has 0 bridgehead atoms. The second-order valence-electron chi connectivity index (χ2n) is 5.35. The SMILES string of the molecule is CN(C)c1c(F)c(F)c(F)c(F)c1C1=CCc2ccccc21. The summed E-state index contributed by atoms with van der Waals surface area (Å²) in [5.41, 5.74) is 1.49. The molecule has 3 rings (SSSR count). The summed E-state index contributed by atoms with van der Waals surface area (Å²) in [6, 6.07) is 7.22. The van der Waals surface area contributed by atoms with E-state index in [1.54, 1.807) is 18.2 Å². The minimum absolute atomic E-state index is 0.244. The third-order valence-electron chi connectivity index (χ3n) is 3.79. The van der Waals surface area contributed by atoms with Gasteiger partial charge in [-0.1, -0.05) is 30.3 Å². The van der Waals surface area contributed by atoms with Crippen molar-refractivity contribution in [3.8, 4) is 0 Å². The molecule has 1 aliphatic carbocycles. The fourth-order valence-corrected chi connectivity index (χ4v) is 2.81. The summed E-state index contributed by atoms with van der Waals surface area (Å²) in [7, 11) is 2.92. The maximum Gasteiger partial charge on any atom is 0.199 e. The van der Waals surface area contributed by atoms with Gasteiger partial charge in [0.1, 0.15) is 0 Å². The van der Waals surface area contributed by atoms with Crippen molar-refractivity contribution in [2.24, 2.45) is 0 Å². The van der Waals surface area contributed by atoms with Gasteiger partial charge in [-0.25, -0.2) is 17.6 Å². The third kappa shape index (κ3) is 2.00. The largest absolute Gasteiger partial charge is 0.375 e. The number of rotatable bonds is 2. The van der Waals surface area contributed by atoms with Crippen molar-refractivity contribution < 1.29 is 17.6 Å². The van der Waals surface area contributed by atoms with Crippen LogP contribution in [0.4, 0.5) is 23.2 Å². The molecule has 0 aromatic heterocycles. The van der Waals surface area contributed by atoms with E-state index in [2.05, 4.69) is 0 Å². The van der Waals surface area contributed by atoms with Crippen LogP contribution in [0.1, 0.15) is 16.7 Å². The first-order valence-electron chi connectivity index (χ1n) is 6.75. The molecule has 2 aromatic carbocycles. The minimum Gasteiger partial charge on any atom is -0.375 e. The van der Waals surface area contributed by atoms with E-state index >= 15 is 0 Å². The fraction of sp³-hybridized carbons (Fsp3) is 0.176. The molecule has 0 unspecified atom stereocenters. The standard InChI is InChI=1S/C17H13F4N/c1-22(2)17-12(13(18)14(19)15(20)16(17)21)11-8-7-9-5-3-4-6-10(9)11/h3-6,8H,7H2,1-2H3. The van der Waals surface area contributed by atoms with Crippen LogP contribution in [0.25, 0.3) is 5.57 Å². The topological polar surface area (TPSA) is 3.24 Å². The van der Waals surface area contributed by atoms with Crippen molar-refractivity contribution in [3.63, 3.8) is 0 Å². The van der Waals surface area contributed by atoms with E-state index in [4.69, 9.17) is 0 Å². The molecule has 0 saturated heterocycles. The van der Waals surface area contributed by atoms with Crippen molar-refractivity contribution in [2.45, 2.75) is 6.42 Å². The van der Waals surface area contributed by atoms with Gasteiger partial charge in [-0.05, 0) is 23.1 Å². The molecule has 2 aromatic rings. The molecule has 1 nitrogen and oxygen atoms in total. The summed E-state index contributed by atoms with van der Waals surface area (Å²) >= 11 is 0. The van der Waals surface area contributed by atoms with Crippen LogP contribution in [-0.4, -0.2) is 14.1 Å². The fourth-order valence-electron chi connectivity index (χ4n) is 2.81. The summed E-state index contributed by atoms with van der Waals surface area (Å²) in [4.78, 5) is 1.25. The van der Waals surface area contributed by atoms with Gasteiger partial charge < -0.3 is 4.90 Å². The van der Waals surface area contributed by atoms with E-state index in [-0.39, 0.29) is 11.3 Å². The van der Waals surface area contributed by atoms with E-state index in [1.165, 1.54) is 19.0 Å². The van der Waals surface area contributed by atoms with E-state index < -0.39 is 23.3 Å². The molecule has 22 heavy (non-hydrogen) atoms. The zero-order chi connectivity index (χ0) is 16.0. The van der Waals surface area contributed by atoms with Gasteiger partial charge >= 0.3 is 0 Å². The predicted molar refractivity (Wildman–Crippen MR) is 77.8 cm³/mol. The molecule has 0 atom stereocenters. The number of fused-ring (bicyclic) bond motifs is 1. The van der Waals surface area contributed by atoms with Crippen LogP contribution in [0, 0.1) is 23.3 Å². The molecule has 0 radical (unpaired) electrons. The molecule has 1 aliphatic rings. The minimum atomic E-state index is -1.79. The Balaban J connectivity index is 2.33. The molecule has 0 spiro atoms. The Kier molecular flexibility index (Phi) is 3.43. The van der Waals surface area contributed by atoms with Gasteiger partial charge in [-0.3, -0.25) is 0 Å². The summed E-state index contributed by atoms with van der Waals surface area (Å²) in [5.74, 6) is -6.34. The number of nitrogens with zero attached hydrogens (tertiary/aromatic N) is 1. The lowest BCUT2D eigenvalue weighted by molar-refractivity contribution is 0.408. The number of hydrogen-bond acceptors (Lipinski definition) is 1. The Labute approximate surface area is 125 Å². The number of hydrogen-bond donors (Lipinski definition) is 0. The molecule has 0 heterocycles. The van der Waals surface area contributed by atoms with Crippen LogP contribution in [-0.2, 0) is 6.42 Å². The van der Waals surface area contributed by atoms with Crippen LogP contribution in [0.2, 0.25) is 0 Å². The molecule has 0 amide bonds. The maximum absolute atomic E-state index is 14.4. The molecule has 114 valence electrons. The summed E-state index contributed by atoms with van der Waals surface area (Å²) in [5, 5.41) is 0. The highest BCUT2D eigenvalue weighted by Crippen LogP contribution is 2.41. The van der Waals surface area contributed by atoms with Gasteiger partial charge in [0.2, 0.25) is 0 Å². The smallest absolute Gasteiger partial charge is 0.199 e. The molecule has 0 fully saturated rings. The Morgan fingerprint density at radius 1 is 0.864 bits per heavy atom. The van der Waals surface area contributed by atoms with Gasteiger partial charge in [0.15, 0.2) is 23.3 Å². The first-order valence-corrected chi connectivity index (χ1v) is 6.75. The lowest BCUT2D eigenvalue weighted by atomic mass is 9.96. The van der Waals surface area contributed by atoms with Crippen LogP contribution >= 0.6 is 0 Å². The Hall–Kier alpha value is -2.30. The van der Waals surface area contributed by atoms with Crippen molar-refractivity contribution in [2.75, 3.05) is 19.0 Å². The van der Waals surface area contributed by atoms with Crippen LogP contribution in [0.3, 0.4) is 0 Å². The van der Waals surface area contributed by atoms with E-state index in [0.29, 0.717) is 17.6 Å². The number of benzene rings is 2. The monoisotopic (exact) mass is 307 g/mol. The second kappa shape index (κ2) is 5.16. The molecule has 0 N–H and O–H groups in total. The van der Waals surface area contributed by atoms with Crippen molar-refractivity contribution in [3.05, 3.63) is 70.3 Å². The summed E-state index contributed by atoms with van der Waals surface area (Å²) in [6.45, 7) is 0. The zero-order valence-corrected chi connectivity index (χ0v) is 12.1. The Bertz CT molecular complexity index is 794. The van der Waals surface area contributed by atoms with Gasteiger partial charge in [0.25, 0.3) is 0 Å². The number of anilines is 1. The van der Waals surface area contributed by atoms with Crippen LogP contribution < -0.4 is 4.90 Å². The highest BCUT2D eigenvalue weighted by Gasteiger charge is 2.30. The second-order valence-corrected chi connectivity index (χ2v) is 5.35. The van der Waals surface area contributed by atoms with Crippen molar-refractivity contribution in [1.29, 1.82) is 0 Å². The lowest BCUT2D eigenvalue weighted by Gasteiger charge is -2.21. The van der Waals surface area contributed by atoms with Gasteiger partial charge in [0.05, 0.1) is 5.69 Å². The average molecular weight is 307 g/mol. The van der Waals surface area contributed by atoms with Gasteiger partial charge in [0, 0.05) is 19.7 Å². The highest BCUT2D eigenvalue weighted by molar-refractivity contribution is 5.90. The highest BCUT2D eigenvalue weighted by atomic mass is 19.2. The number of halogens is 4. The van der Waals surface area contributed by atoms with Gasteiger partial charge in [-0.2, -0.15) is 0 Å². The predicted octanol–water partition coefficient (Wildman–Crippen LogP) is 4.30. The van der Waals surface area contributed by atoms with Gasteiger partial charge in [-0.15, -0.1) is 0 Å². The zero-order valence-electron chi connectivity index (χ0n) is 12.1. The van der Waals surface area contributed by atoms with Crippen LogP contribution in [0.15, 0.2) is 30.3 Å². The molecule has 0 saturated carbocycles. The Morgan fingerprint density at radius 3 is 2.18 bits per heavy atom. The van der Waals surface area contributed by atoms with E-state index in [9.17, 15) is 17.6 Å². The lowest BCUT2D eigenvalue weighted by Crippen LogP contribution is -2.17. The normalized spacial score (nSPS) is 13.1. The quantitative estimate of drug-likeness (QED) is 0.454. The molecule has 5 heteroatoms. The van der Waals surface area contributed by atoms with E-state index in [1.807, 2.05) is 12.1 Å². The number of allylic oxidation sites excluding steroid dienone is 1. The maximum atomic E-state index is 14.4. The third-order valence-corrected chi connectivity index (χ3v) is 3.79. The summed E-state index contributed by atoms with van der Waals surface area (Å²) in [6.07, 6.45) is 2.24. The molecular weight excluding hydrogens is 294 g/mol. The molecular formula is C17H13F4N. The first-order chi connectivity index (χ1) is 10.4. The summed E-state index contributed by atoms with van der Waals surface area (Å²) < 4.78 is 55.7. The van der Waals surface area contributed by atoms with Crippen molar-refractivity contribution >= 4 is 11.3 Å². The first kappa shape index (κ1) is 14.6. The van der Waals surface area contributed by atoms with Crippen LogP contribution in [0.5, 0.6) is 0 Å². The average Bonchev–Trinajstić information content (AvgIpc) is 2.92. The van der Waals surface area contributed by atoms with Crippen molar-refractivity contribution in [1.82, 2.24) is 0 Å². The molecule has 0 aliphatic heterocycles. The van der Waals surface area contributed by atoms with E-state index in [0.717, 1.165) is 5.56 Å². The Morgan fingerprint density at radius 2 is 1.50 bits per heavy atom.